The fourth-order valence-electron chi connectivity index (χ4n) is 3.90. The van der Waals surface area contributed by atoms with Gasteiger partial charge in [0.1, 0.15) is 5.76 Å². The number of thioether (sulfide) groups is 1. The summed E-state index contributed by atoms with van der Waals surface area (Å²) in [6.45, 7) is 3.34. The molecule has 3 heterocycles. The minimum Gasteiger partial charge on any atom is -0.467 e. The zero-order valence-electron chi connectivity index (χ0n) is 18.9. The number of allylic oxidation sites excluding steroid dienone is 1. The molecule has 184 valence electrons. The van der Waals surface area contributed by atoms with Crippen LogP contribution < -0.4 is 5.32 Å². The van der Waals surface area contributed by atoms with Crippen molar-refractivity contribution in [1.82, 2.24) is 10.2 Å². The van der Waals surface area contributed by atoms with Gasteiger partial charge in [-0.05, 0) is 42.5 Å². The number of aliphatic imine (C=N–C) groups is 1. The Morgan fingerprint density at radius 2 is 2.00 bits per heavy atom. The Morgan fingerprint density at radius 1 is 1.23 bits per heavy atom. The predicted molar refractivity (Wildman–Crippen MR) is 124 cm³/mol. The highest BCUT2D eigenvalue weighted by molar-refractivity contribution is 8.16. The van der Waals surface area contributed by atoms with Gasteiger partial charge in [-0.1, -0.05) is 36.0 Å². The van der Waals surface area contributed by atoms with Crippen molar-refractivity contribution in [3.8, 4) is 0 Å². The van der Waals surface area contributed by atoms with Gasteiger partial charge in [-0.3, -0.25) is 4.79 Å². The number of rotatable bonds is 7. The highest BCUT2D eigenvalue weighted by atomic mass is 32.2. The van der Waals surface area contributed by atoms with E-state index >= 15 is 0 Å². The number of alkyl halides is 3. The maximum absolute atomic E-state index is 14.1. The number of fused-ring (bicyclic) bond motifs is 1. The second-order valence-corrected chi connectivity index (χ2v) is 8.60. The van der Waals surface area contributed by atoms with Crippen molar-refractivity contribution in [2.75, 3.05) is 6.61 Å². The van der Waals surface area contributed by atoms with Crippen LogP contribution in [0.4, 0.5) is 13.2 Å². The fourth-order valence-corrected chi connectivity index (χ4v) is 4.82. The number of aryl methyl sites for hydroxylation is 1. The quantitative estimate of drug-likeness (QED) is 0.535. The third kappa shape index (κ3) is 5.14. The van der Waals surface area contributed by atoms with Crippen LogP contribution in [0.1, 0.15) is 36.3 Å². The lowest BCUT2D eigenvalue weighted by atomic mass is 9.90. The third-order valence-electron chi connectivity index (χ3n) is 5.44. The normalized spacial score (nSPS) is 17.6. The summed E-state index contributed by atoms with van der Waals surface area (Å²) >= 11 is 0.973. The molecule has 7 nitrogen and oxygen atoms in total. The van der Waals surface area contributed by atoms with Crippen LogP contribution in [-0.2, 0) is 20.9 Å². The second kappa shape index (κ2) is 10.0. The molecule has 1 unspecified atom stereocenters. The summed E-state index contributed by atoms with van der Waals surface area (Å²) < 4.78 is 52.5. The minimum atomic E-state index is -4.88. The number of hydrogen-bond acceptors (Lipinski definition) is 7. The predicted octanol–water partition coefficient (Wildman–Crippen LogP) is 4.97. The number of nitrogens with zero attached hydrogens (tertiary/aromatic N) is 2. The van der Waals surface area contributed by atoms with Crippen molar-refractivity contribution in [3.63, 3.8) is 0 Å². The lowest BCUT2D eigenvalue weighted by molar-refractivity contribution is -0.140. The molecule has 2 aliphatic heterocycles. The Bertz CT molecular complexity index is 1220. The number of hydrogen-bond donors (Lipinski definition) is 1. The van der Waals surface area contributed by atoms with Gasteiger partial charge in [0.05, 0.1) is 37.5 Å². The van der Waals surface area contributed by atoms with Gasteiger partial charge in [-0.2, -0.15) is 13.2 Å². The molecule has 0 spiro atoms. The number of carbonyl (C=O) groups is 2. The Morgan fingerprint density at radius 3 is 2.66 bits per heavy atom. The number of amides is 1. The summed E-state index contributed by atoms with van der Waals surface area (Å²) in [7, 11) is 0. The molecule has 11 heteroatoms. The van der Waals surface area contributed by atoms with Gasteiger partial charge in [-0.15, -0.1) is 0 Å². The van der Waals surface area contributed by atoms with Crippen LogP contribution in [0.5, 0.6) is 0 Å². The molecule has 0 radical (unpaired) electrons. The summed E-state index contributed by atoms with van der Waals surface area (Å²) in [4.78, 5) is 30.9. The fraction of sp³-hybridized carbons (Fsp3) is 0.292. The van der Waals surface area contributed by atoms with Crippen molar-refractivity contribution < 1.29 is 31.9 Å². The Balaban J connectivity index is 1.74. The average Bonchev–Trinajstić information content (AvgIpc) is 3.47. The third-order valence-corrected chi connectivity index (χ3v) is 6.33. The van der Waals surface area contributed by atoms with Crippen molar-refractivity contribution in [3.05, 3.63) is 81.9 Å². The van der Waals surface area contributed by atoms with Crippen molar-refractivity contribution in [1.29, 1.82) is 0 Å². The van der Waals surface area contributed by atoms with Crippen LogP contribution in [0.25, 0.3) is 0 Å². The van der Waals surface area contributed by atoms with E-state index in [4.69, 9.17) is 9.15 Å². The molecule has 0 bridgehead atoms. The van der Waals surface area contributed by atoms with E-state index in [1.54, 1.807) is 48.7 Å². The lowest BCUT2D eigenvalue weighted by Gasteiger charge is -2.37. The van der Waals surface area contributed by atoms with Crippen molar-refractivity contribution in [2.45, 2.75) is 39.0 Å². The van der Waals surface area contributed by atoms with Gasteiger partial charge in [0, 0.05) is 5.70 Å². The largest absolute Gasteiger partial charge is 0.467 e. The van der Waals surface area contributed by atoms with E-state index in [9.17, 15) is 22.8 Å². The molecule has 2 aromatic rings. The van der Waals surface area contributed by atoms with Crippen molar-refractivity contribution in [2.24, 2.45) is 4.99 Å². The first kappa shape index (κ1) is 24.6. The van der Waals surface area contributed by atoms with Crippen molar-refractivity contribution >= 4 is 28.8 Å². The highest BCUT2D eigenvalue weighted by Gasteiger charge is 2.49. The average molecular weight is 506 g/mol. The van der Waals surface area contributed by atoms with E-state index < -0.39 is 29.5 Å². The number of halogens is 3. The number of benzene rings is 1. The number of carbonyl (C=O) groups excluding carboxylic acids is 2. The molecule has 4 rings (SSSR count). The molecule has 1 aromatic carbocycles. The molecule has 1 amide bonds. The van der Waals surface area contributed by atoms with Crippen LogP contribution in [-0.4, -0.2) is 34.7 Å². The smallest absolute Gasteiger partial charge is 0.434 e. The zero-order valence-corrected chi connectivity index (χ0v) is 19.7. The highest BCUT2D eigenvalue weighted by Crippen LogP contribution is 2.48. The first-order valence-corrected chi connectivity index (χ1v) is 11.6. The molecule has 1 N–H and O–H groups in total. The van der Waals surface area contributed by atoms with E-state index in [2.05, 4.69) is 10.3 Å². The van der Waals surface area contributed by atoms with E-state index in [1.165, 1.54) is 18.1 Å². The SMILES string of the molecule is CCOC(=O)C1=C(C(F)(F)F)N=C2SC=C(CC(=O)NCc3ccco3)N2C1c1ccccc1C. The monoisotopic (exact) mass is 505 g/mol. The molecular formula is C24H22F3N3O4S. The van der Waals surface area contributed by atoms with Gasteiger partial charge in [0.15, 0.2) is 10.9 Å². The number of amidine groups is 1. The van der Waals surface area contributed by atoms with E-state index in [0.29, 0.717) is 22.6 Å². The molecule has 1 atom stereocenters. The van der Waals surface area contributed by atoms with Gasteiger partial charge >= 0.3 is 12.1 Å². The van der Waals surface area contributed by atoms with Crippen LogP contribution in [0, 0.1) is 6.92 Å². The second-order valence-electron chi connectivity index (χ2n) is 7.76. The first-order chi connectivity index (χ1) is 16.7. The van der Waals surface area contributed by atoms with Gasteiger partial charge in [0.25, 0.3) is 0 Å². The number of furan rings is 1. The standard InChI is InChI=1S/C24H22F3N3O4S/c1-3-33-22(32)19-20(17-9-5-4-7-14(17)2)30-15(11-18(31)28-12-16-8-6-10-34-16)13-35-23(30)29-21(19)24(25,26)27/h4-10,13,20H,3,11-12H2,1-2H3,(H,28,31). The van der Waals surface area contributed by atoms with Crippen LogP contribution in [0.3, 0.4) is 0 Å². The van der Waals surface area contributed by atoms with Crippen LogP contribution in [0.2, 0.25) is 0 Å². The maximum Gasteiger partial charge on any atom is 0.434 e. The molecule has 0 saturated carbocycles. The van der Waals surface area contributed by atoms with Gasteiger partial charge in [0.2, 0.25) is 5.91 Å². The Kier molecular flexibility index (Phi) is 7.06. The summed E-state index contributed by atoms with van der Waals surface area (Å²) in [6, 6.07) is 9.09. The van der Waals surface area contributed by atoms with E-state index in [0.717, 1.165) is 11.8 Å². The van der Waals surface area contributed by atoms with E-state index in [1.807, 2.05) is 0 Å². The molecule has 0 fully saturated rings. The molecular weight excluding hydrogens is 483 g/mol. The number of nitrogens with one attached hydrogen (secondary N) is 1. The Labute approximate surface area is 203 Å². The number of esters is 1. The van der Waals surface area contributed by atoms with Gasteiger partial charge < -0.3 is 19.4 Å². The molecule has 0 aliphatic carbocycles. The molecule has 2 aliphatic rings. The summed E-state index contributed by atoms with van der Waals surface area (Å²) in [5.74, 6) is -0.899. The molecule has 1 aromatic heterocycles. The first-order valence-electron chi connectivity index (χ1n) is 10.8. The molecule has 35 heavy (non-hydrogen) atoms. The summed E-state index contributed by atoms with van der Waals surface area (Å²) in [6.07, 6.45) is -3.53. The summed E-state index contributed by atoms with van der Waals surface area (Å²) in [5.41, 5.74) is -0.321. The lowest BCUT2D eigenvalue weighted by Crippen LogP contribution is -2.40. The van der Waals surface area contributed by atoms with Crippen LogP contribution >= 0.6 is 11.8 Å². The Hall–Kier alpha value is -3.47. The van der Waals surface area contributed by atoms with Crippen LogP contribution in [0.15, 0.2) is 74.4 Å². The topological polar surface area (TPSA) is 84.1 Å². The molecule has 0 saturated heterocycles. The zero-order chi connectivity index (χ0) is 25.2. The van der Waals surface area contributed by atoms with Gasteiger partial charge in [-0.25, -0.2) is 9.79 Å². The maximum atomic E-state index is 14.1. The summed E-state index contributed by atoms with van der Waals surface area (Å²) in [5, 5.41) is 4.34. The van der Waals surface area contributed by atoms with E-state index in [-0.39, 0.29) is 30.6 Å². The minimum absolute atomic E-state index is 0.0347. The number of ether oxygens (including phenoxy) is 1.